The quantitative estimate of drug-likeness (QED) is 0.763. The molecule has 2 N–H and O–H groups in total. The summed E-state index contributed by atoms with van der Waals surface area (Å²) in [4.78, 5) is 4.43. The van der Waals surface area contributed by atoms with E-state index in [1.807, 2.05) is 17.8 Å². The standard InChI is InChI=1S/C10H14N2OS/c1-13-10-8(11)6-7-2-4-14-5-3-9(7)12-10/h6H,2-5,11H2,1H3. The van der Waals surface area contributed by atoms with Crippen LogP contribution in [0.3, 0.4) is 0 Å². The van der Waals surface area contributed by atoms with E-state index in [2.05, 4.69) is 4.98 Å². The Morgan fingerprint density at radius 1 is 1.43 bits per heavy atom. The fourth-order valence-electron chi connectivity index (χ4n) is 1.64. The van der Waals surface area contributed by atoms with Crippen molar-refractivity contribution in [1.29, 1.82) is 0 Å². The molecule has 14 heavy (non-hydrogen) atoms. The van der Waals surface area contributed by atoms with Crippen LogP contribution in [-0.4, -0.2) is 23.6 Å². The van der Waals surface area contributed by atoms with E-state index in [9.17, 15) is 0 Å². The summed E-state index contributed by atoms with van der Waals surface area (Å²) >= 11 is 1.97. The number of aryl methyl sites for hydroxylation is 2. The molecule has 0 aromatic carbocycles. The predicted octanol–water partition coefficient (Wildman–Crippen LogP) is 1.50. The molecule has 1 aliphatic heterocycles. The zero-order valence-corrected chi connectivity index (χ0v) is 9.06. The smallest absolute Gasteiger partial charge is 0.237 e. The van der Waals surface area contributed by atoms with Gasteiger partial charge < -0.3 is 10.5 Å². The van der Waals surface area contributed by atoms with E-state index in [-0.39, 0.29) is 0 Å². The molecular formula is C10H14N2OS. The maximum Gasteiger partial charge on any atom is 0.237 e. The van der Waals surface area contributed by atoms with Crippen LogP contribution >= 0.6 is 11.8 Å². The molecule has 1 aliphatic rings. The van der Waals surface area contributed by atoms with Crippen molar-refractivity contribution in [2.75, 3.05) is 24.3 Å². The second-order valence-electron chi connectivity index (χ2n) is 3.31. The van der Waals surface area contributed by atoms with Crippen LogP contribution in [0.4, 0.5) is 5.69 Å². The monoisotopic (exact) mass is 210 g/mol. The van der Waals surface area contributed by atoms with Gasteiger partial charge in [-0.1, -0.05) is 0 Å². The van der Waals surface area contributed by atoms with Gasteiger partial charge in [-0.05, 0) is 36.0 Å². The summed E-state index contributed by atoms with van der Waals surface area (Å²) < 4.78 is 5.11. The Hall–Kier alpha value is -0.900. The Labute approximate surface area is 88.0 Å². The highest BCUT2D eigenvalue weighted by Crippen LogP contribution is 2.26. The zero-order chi connectivity index (χ0) is 9.97. The minimum atomic E-state index is 0.565. The van der Waals surface area contributed by atoms with Crippen LogP contribution in [0.15, 0.2) is 6.07 Å². The Morgan fingerprint density at radius 2 is 2.21 bits per heavy atom. The number of anilines is 1. The summed E-state index contributed by atoms with van der Waals surface area (Å²) in [5.74, 6) is 2.88. The van der Waals surface area contributed by atoms with Crippen LogP contribution in [0.25, 0.3) is 0 Å². The van der Waals surface area contributed by atoms with Gasteiger partial charge in [0.2, 0.25) is 5.88 Å². The van der Waals surface area contributed by atoms with Gasteiger partial charge in [0.25, 0.3) is 0 Å². The lowest BCUT2D eigenvalue weighted by Gasteiger charge is -2.09. The number of pyridine rings is 1. The van der Waals surface area contributed by atoms with Crippen LogP contribution in [0, 0.1) is 0 Å². The lowest BCUT2D eigenvalue weighted by atomic mass is 10.1. The van der Waals surface area contributed by atoms with Gasteiger partial charge in [-0.15, -0.1) is 0 Å². The van der Waals surface area contributed by atoms with Crippen molar-refractivity contribution in [3.05, 3.63) is 17.3 Å². The van der Waals surface area contributed by atoms with Crippen LogP contribution in [0.5, 0.6) is 5.88 Å². The molecule has 0 atom stereocenters. The van der Waals surface area contributed by atoms with E-state index in [4.69, 9.17) is 10.5 Å². The van der Waals surface area contributed by atoms with E-state index >= 15 is 0 Å². The van der Waals surface area contributed by atoms with Crippen molar-refractivity contribution in [1.82, 2.24) is 4.98 Å². The van der Waals surface area contributed by atoms with Crippen molar-refractivity contribution in [3.8, 4) is 5.88 Å². The Kier molecular flexibility index (Phi) is 2.82. The second kappa shape index (κ2) is 4.09. The number of nitrogen functional groups attached to an aromatic ring is 1. The molecule has 0 aliphatic carbocycles. The molecule has 0 unspecified atom stereocenters. The molecular weight excluding hydrogens is 196 g/mol. The molecule has 2 heterocycles. The third kappa shape index (κ3) is 1.80. The SMILES string of the molecule is COc1nc2c(cc1N)CCSCC2. The van der Waals surface area contributed by atoms with E-state index in [1.165, 1.54) is 11.3 Å². The lowest BCUT2D eigenvalue weighted by Crippen LogP contribution is -2.03. The molecule has 2 rings (SSSR count). The third-order valence-corrected chi connectivity index (χ3v) is 3.36. The first-order valence-corrected chi connectivity index (χ1v) is 5.86. The van der Waals surface area contributed by atoms with Crippen molar-refractivity contribution < 1.29 is 4.74 Å². The molecule has 76 valence electrons. The molecule has 0 amide bonds. The molecule has 1 aromatic rings. The average molecular weight is 210 g/mol. The molecule has 0 bridgehead atoms. The molecule has 0 saturated heterocycles. The first kappa shape index (κ1) is 9.65. The molecule has 0 spiro atoms. The van der Waals surface area contributed by atoms with Gasteiger partial charge in [-0.2, -0.15) is 11.8 Å². The minimum absolute atomic E-state index is 0.565. The summed E-state index contributed by atoms with van der Waals surface area (Å²) in [5, 5.41) is 0. The number of nitrogens with two attached hydrogens (primary N) is 1. The fourth-order valence-corrected chi connectivity index (χ4v) is 2.55. The largest absolute Gasteiger partial charge is 0.480 e. The van der Waals surface area contributed by atoms with Crippen LogP contribution in [0.2, 0.25) is 0 Å². The predicted molar refractivity (Wildman–Crippen MR) is 59.9 cm³/mol. The highest BCUT2D eigenvalue weighted by molar-refractivity contribution is 7.99. The normalized spacial score (nSPS) is 15.8. The van der Waals surface area contributed by atoms with Gasteiger partial charge in [0.05, 0.1) is 12.8 Å². The van der Waals surface area contributed by atoms with Crippen LogP contribution in [-0.2, 0) is 12.8 Å². The number of fused-ring (bicyclic) bond motifs is 1. The van der Waals surface area contributed by atoms with Gasteiger partial charge in [0.15, 0.2) is 0 Å². The lowest BCUT2D eigenvalue weighted by molar-refractivity contribution is 0.398. The average Bonchev–Trinajstić information content (AvgIpc) is 2.41. The Bertz CT molecular complexity index is 341. The van der Waals surface area contributed by atoms with Crippen molar-refractivity contribution in [3.63, 3.8) is 0 Å². The van der Waals surface area contributed by atoms with Gasteiger partial charge in [-0.25, -0.2) is 4.98 Å². The number of thioether (sulfide) groups is 1. The number of ether oxygens (including phenoxy) is 1. The first-order chi connectivity index (χ1) is 6.81. The summed E-state index contributed by atoms with van der Waals surface area (Å²) in [6.07, 6.45) is 2.10. The zero-order valence-electron chi connectivity index (χ0n) is 8.25. The number of hydrogen-bond donors (Lipinski definition) is 1. The topological polar surface area (TPSA) is 48.1 Å². The van der Waals surface area contributed by atoms with Gasteiger partial charge in [-0.3, -0.25) is 0 Å². The summed E-state index contributed by atoms with van der Waals surface area (Å²) in [7, 11) is 1.61. The first-order valence-electron chi connectivity index (χ1n) is 4.71. The fraction of sp³-hybridized carbons (Fsp3) is 0.500. The summed E-state index contributed by atoms with van der Waals surface area (Å²) in [5.41, 5.74) is 8.90. The van der Waals surface area contributed by atoms with Crippen molar-refractivity contribution in [2.24, 2.45) is 0 Å². The molecule has 0 fully saturated rings. The van der Waals surface area contributed by atoms with E-state index in [0.717, 1.165) is 24.3 Å². The molecule has 3 nitrogen and oxygen atoms in total. The van der Waals surface area contributed by atoms with Crippen LogP contribution < -0.4 is 10.5 Å². The van der Waals surface area contributed by atoms with E-state index in [1.54, 1.807) is 7.11 Å². The number of rotatable bonds is 1. The maximum absolute atomic E-state index is 5.81. The molecule has 0 radical (unpaired) electrons. The highest BCUT2D eigenvalue weighted by Gasteiger charge is 2.12. The van der Waals surface area contributed by atoms with E-state index in [0.29, 0.717) is 11.6 Å². The summed E-state index contributed by atoms with van der Waals surface area (Å²) in [6, 6.07) is 2.01. The van der Waals surface area contributed by atoms with Crippen molar-refractivity contribution >= 4 is 17.4 Å². The number of hydrogen-bond acceptors (Lipinski definition) is 4. The van der Waals surface area contributed by atoms with Gasteiger partial charge in [0, 0.05) is 5.69 Å². The molecule has 4 heteroatoms. The van der Waals surface area contributed by atoms with Gasteiger partial charge in [0.1, 0.15) is 0 Å². The van der Waals surface area contributed by atoms with Gasteiger partial charge >= 0.3 is 0 Å². The Balaban J connectivity index is 2.41. The highest BCUT2D eigenvalue weighted by atomic mass is 32.2. The minimum Gasteiger partial charge on any atom is -0.480 e. The van der Waals surface area contributed by atoms with Crippen molar-refractivity contribution in [2.45, 2.75) is 12.8 Å². The second-order valence-corrected chi connectivity index (χ2v) is 4.53. The van der Waals surface area contributed by atoms with E-state index < -0.39 is 0 Å². The number of methoxy groups -OCH3 is 1. The Morgan fingerprint density at radius 3 is 3.00 bits per heavy atom. The maximum atomic E-state index is 5.81. The molecule has 1 aromatic heterocycles. The molecule has 0 saturated carbocycles. The summed E-state index contributed by atoms with van der Waals surface area (Å²) in [6.45, 7) is 0. The number of nitrogens with zero attached hydrogens (tertiary/aromatic N) is 1. The third-order valence-electron chi connectivity index (χ3n) is 2.38. The number of aromatic nitrogens is 1. The van der Waals surface area contributed by atoms with Crippen LogP contribution in [0.1, 0.15) is 11.3 Å².